The third-order valence-corrected chi connectivity index (χ3v) is 7.53. The van der Waals surface area contributed by atoms with Gasteiger partial charge in [-0.05, 0) is 37.1 Å². The summed E-state index contributed by atoms with van der Waals surface area (Å²) in [6, 6.07) is 16.3. The molecule has 4 rings (SSSR count). The summed E-state index contributed by atoms with van der Waals surface area (Å²) in [6.45, 7) is 3.40. The van der Waals surface area contributed by atoms with Crippen molar-refractivity contribution in [3.8, 4) is 22.1 Å². The second-order valence-electron chi connectivity index (χ2n) is 6.77. The highest BCUT2D eigenvalue weighted by atomic mass is 32.2. The van der Waals surface area contributed by atoms with Gasteiger partial charge >= 0.3 is 0 Å². The summed E-state index contributed by atoms with van der Waals surface area (Å²) in [4.78, 5) is 4.78. The molecule has 0 spiro atoms. The summed E-state index contributed by atoms with van der Waals surface area (Å²) in [5.74, 6) is 2.22. The number of hydrogen-bond acceptors (Lipinski definition) is 9. The monoisotopic (exact) mass is 484 g/mol. The number of methoxy groups -OCH3 is 1. The van der Waals surface area contributed by atoms with E-state index in [1.807, 2.05) is 31.2 Å². The topological polar surface area (TPSA) is 69.2 Å². The van der Waals surface area contributed by atoms with E-state index < -0.39 is 0 Å². The van der Waals surface area contributed by atoms with Gasteiger partial charge in [-0.3, -0.25) is 0 Å². The number of ether oxygens (including phenoxy) is 2. The van der Waals surface area contributed by atoms with Gasteiger partial charge in [-0.2, -0.15) is 0 Å². The van der Waals surface area contributed by atoms with Gasteiger partial charge in [-0.1, -0.05) is 53.4 Å². The van der Waals surface area contributed by atoms with Gasteiger partial charge in [-0.25, -0.2) is 4.98 Å². The fraction of sp³-hybridized carbons (Fsp3) is 0.261. The first-order valence-electron chi connectivity index (χ1n) is 10.2. The van der Waals surface area contributed by atoms with Gasteiger partial charge < -0.3 is 14.8 Å². The Morgan fingerprint density at radius 1 is 1.06 bits per heavy atom. The zero-order valence-electron chi connectivity index (χ0n) is 17.9. The molecule has 0 radical (unpaired) electrons. The van der Waals surface area contributed by atoms with Gasteiger partial charge in [0.15, 0.2) is 15.8 Å². The Labute approximate surface area is 200 Å². The van der Waals surface area contributed by atoms with Crippen molar-refractivity contribution in [3.63, 3.8) is 0 Å². The van der Waals surface area contributed by atoms with Crippen LogP contribution < -0.4 is 14.8 Å². The van der Waals surface area contributed by atoms with Gasteiger partial charge in [0.25, 0.3) is 0 Å². The Morgan fingerprint density at radius 2 is 1.94 bits per heavy atom. The number of aromatic nitrogens is 3. The van der Waals surface area contributed by atoms with E-state index in [-0.39, 0.29) is 0 Å². The molecule has 0 aliphatic carbocycles. The smallest absolute Gasteiger partial charge is 0.206 e. The molecule has 2 heterocycles. The van der Waals surface area contributed by atoms with Crippen LogP contribution in [0.1, 0.15) is 18.2 Å². The predicted octanol–water partition coefficient (Wildman–Crippen LogP) is 6.02. The van der Waals surface area contributed by atoms with E-state index in [9.17, 15) is 0 Å². The van der Waals surface area contributed by atoms with E-state index in [2.05, 4.69) is 45.2 Å². The summed E-state index contributed by atoms with van der Waals surface area (Å²) in [6.07, 6.45) is 0.959. The molecule has 166 valence electrons. The Morgan fingerprint density at radius 3 is 2.75 bits per heavy atom. The van der Waals surface area contributed by atoms with Crippen LogP contribution in [-0.4, -0.2) is 35.4 Å². The van der Waals surface area contributed by atoms with Crippen molar-refractivity contribution in [2.24, 2.45) is 0 Å². The van der Waals surface area contributed by atoms with Crippen molar-refractivity contribution in [2.45, 2.75) is 23.4 Å². The lowest BCUT2D eigenvalue weighted by molar-refractivity contribution is 0.311. The van der Waals surface area contributed by atoms with Crippen molar-refractivity contribution in [1.29, 1.82) is 0 Å². The van der Waals surface area contributed by atoms with Crippen LogP contribution in [-0.2, 0) is 12.2 Å². The number of nitrogens with zero attached hydrogens (tertiary/aromatic N) is 3. The molecule has 0 aliphatic heterocycles. The lowest BCUT2D eigenvalue weighted by Gasteiger charge is -2.09. The molecule has 0 saturated heterocycles. The Kier molecular flexibility index (Phi) is 7.97. The highest BCUT2D eigenvalue weighted by molar-refractivity contribution is 8.00. The fourth-order valence-electron chi connectivity index (χ4n) is 3.01. The van der Waals surface area contributed by atoms with Gasteiger partial charge in [0.05, 0.1) is 19.4 Å². The minimum absolute atomic E-state index is 0.601. The van der Waals surface area contributed by atoms with Crippen LogP contribution in [0.3, 0.4) is 0 Å². The van der Waals surface area contributed by atoms with E-state index >= 15 is 0 Å². The SMILES string of the molecule is CCOc1ccc(-c2nc(CSc3nnc(NCCc4ccccc4)s3)cs2)cc1OC. The van der Waals surface area contributed by atoms with Crippen molar-refractivity contribution in [3.05, 3.63) is 65.2 Å². The number of thiazole rings is 1. The van der Waals surface area contributed by atoms with Gasteiger partial charge in [0, 0.05) is 23.2 Å². The first-order chi connectivity index (χ1) is 15.7. The zero-order valence-corrected chi connectivity index (χ0v) is 20.4. The number of rotatable bonds is 11. The lowest BCUT2D eigenvalue weighted by Crippen LogP contribution is -2.04. The van der Waals surface area contributed by atoms with Gasteiger partial charge in [0.1, 0.15) is 5.01 Å². The van der Waals surface area contributed by atoms with Crippen molar-refractivity contribution < 1.29 is 9.47 Å². The molecular formula is C23H24N4O2S3. The number of nitrogens with one attached hydrogen (secondary N) is 1. The highest BCUT2D eigenvalue weighted by Gasteiger charge is 2.11. The highest BCUT2D eigenvalue weighted by Crippen LogP contribution is 2.35. The van der Waals surface area contributed by atoms with Gasteiger partial charge in [0.2, 0.25) is 5.13 Å². The molecule has 1 N–H and O–H groups in total. The number of thioether (sulfide) groups is 1. The molecule has 9 heteroatoms. The minimum Gasteiger partial charge on any atom is -0.493 e. The van der Waals surface area contributed by atoms with Crippen LogP contribution in [0.15, 0.2) is 58.3 Å². The third-order valence-electron chi connectivity index (χ3n) is 4.54. The summed E-state index contributed by atoms with van der Waals surface area (Å²) in [5.41, 5.74) is 3.35. The summed E-state index contributed by atoms with van der Waals surface area (Å²) < 4.78 is 12.0. The van der Waals surface area contributed by atoms with Gasteiger partial charge in [-0.15, -0.1) is 21.5 Å². The van der Waals surface area contributed by atoms with Crippen LogP contribution in [0.5, 0.6) is 11.5 Å². The number of anilines is 1. The van der Waals surface area contributed by atoms with Crippen LogP contribution in [0.2, 0.25) is 0 Å². The maximum Gasteiger partial charge on any atom is 0.206 e. The largest absolute Gasteiger partial charge is 0.493 e. The van der Waals surface area contributed by atoms with E-state index in [0.29, 0.717) is 6.61 Å². The average Bonchev–Trinajstić information content (AvgIpc) is 3.48. The molecule has 0 atom stereocenters. The molecular weight excluding hydrogens is 460 g/mol. The summed E-state index contributed by atoms with van der Waals surface area (Å²) in [7, 11) is 1.65. The number of benzene rings is 2. The number of hydrogen-bond donors (Lipinski definition) is 1. The molecule has 0 aliphatic rings. The van der Waals surface area contributed by atoms with Crippen LogP contribution in [0, 0.1) is 0 Å². The molecule has 32 heavy (non-hydrogen) atoms. The standard InChI is InChI=1S/C23H24N4O2S3/c1-3-29-19-10-9-17(13-20(19)28-2)21-25-18(14-30-21)15-31-23-27-26-22(32-23)24-12-11-16-7-5-4-6-8-16/h4-10,13-14H,3,11-12,15H2,1-2H3,(H,24,26). The molecule has 2 aromatic carbocycles. The molecule has 0 fully saturated rings. The second kappa shape index (κ2) is 11.3. The first-order valence-corrected chi connectivity index (χ1v) is 12.9. The van der Waals surface area contributed by atoms with Crippen LogP contribution in [0.25, 0.3) is 10.6 Å². The first kappa shape index (κ1) is 22.6. The molecule has 2 aromatic heterocycles. The molecule has 0 bridgehead atoms. The minimum atomic E-state index is 0.601. The third kappa shape index (κ3) is 5.99. The maximum atomic E-state index is 5.60. The van der Waals surface area contributed by atoms with Crippen LogP contribution in [0.4, 0.5) is 5.13 Å². The molecule has 0 unspecified atom stereocenters. The molecule has 0 amide bonds. The summed E-state index contributed by atoms with van der Waals surface area (Å²) in [5, 5.41) is 15.8. The van der Waals surface area contributed by atoms with Crippen molar-refractivity contribution in [1.82, 2.24) is 15.2 Å². The Balaban J connectivity index is 1.30. The average molecular weight is 485 g/mol. The quantitative estimate of drug-likeness (QED) is 0.261. The fourth-order valence-corrected chi connectivity index (χ4v) is 5.61. The van der Waals surface area contributed by atoms with Crippen molar-refractivity contribution >= 4 is 39.6 Å². The normalized spacial score (nSPS) is 10.8. The predicted molar refractivity (Wildman–Crippen MR) is 133 cm³/mol. The lowest BCUT2D eigenvalue weighted by atomic mass is 10.2. The molecule has 4 aromatic rings. The second-order valence-corrected chi connectivity index (χ2v) is 9.82. The maximum absolute atomic E-state index is 5.60. The Bertz CT molecular complexity index is 1130. The summed E-state index contributed by atoms with van der Waals surface area (Å²) >= 11 is 4.85. The molecule has 6 nitrogen and oxygen atoms in total. The van der Waals surface area contributed by atoms with E-state index in [0.717, 1.165) is 56.0 Å². The van der Waals surface area contributed by atoms with Crippen LogP contribution >= 0.6 is 34.4 Å². The van der Waals surface area contributed by atoms with E-state index in [1.54, 1.807) is 41.5 Å². The van der Waals surface area contributed by atoms with E-state index in [1.165, 1.54) is 5.56 Å². The zero-order chi connectivity index (χ0) is 22.2. The van der Waals surface area contributed by atoms with Crippen molar-refractivity contribution in [2.75, 3.05) is 25.6 Å². The van der Waals surface area contributed by atoms with E-state index in [4.69, 9.17) is 14.5 Å². The molecule has 0 saturated carbocycles. The Hall–Kier alpha value is -2.62.